The van der Waals surface area contributed by atoms with Gasteiger partial charge in [0.1, 0.15) is 5.69 Å². The van der Waals surface area contributed by atoms with Crippen LogP contribution in [0, 0.1) is 13.8 Å². The van der Waals surface area contributed by atoms with Crippen molar-refractivity contribution in [1.82, 2.24) is 15.2 Å². The van der Waals surface area contributed by atoms with Gasteiger partial charge in [-0.1, -0.05) is 0 Å². The first-order valence-electron chi connectivity index (χ1n) is 7.69. The Morgan fingerprint density at radius 1 is 1.22 bits per heavy atom. The molecule has 0 unspecified atom stereocenters. The number of carbonyl (C=O) groups excluding carboxylic acids is 3. The topological polar surface area (TPSA) is 91.5 Å². The Morgan fingerprint density at radius 2 is 1.83 bits per heavy atom. The Morgan fingerprint density at radius 3 is 2.30 bits per heavy atom. The number of aromatic amines is 1. The van der Waals surface area contributed by atoms with E-state index in [1.807, 2.05) is 0 Å². The van der Waals surface area contributed by atoms with Crippen molar-refractivity contribution in [3.63, 3.8) is 0 Å². The van der Waals surface area contributed by atoms with E-state index >= 15 is 0 Å². The van der Waals surface area contributed by atoms with E-state index in [9.17, 15) is 14.4 Å². The maximum Gasteiger partial charge on any atom is 0.409 e. The zero-order valence-electron chi connectivity index (χ0n) is 14.0. The maximum absolute atomic E-state index is 12.4. The largest absolute Gasteiger partial charge is 0.453 e. The average Bonchev–Trinajstić information content (AvgIpc) is 2.82. The van der Waals surface area contributed by atoms with Crippen LogP contribution < -0.4 is 5.32 Å². The number of piperidine rings is 1. The van der Waals surface area contributed by atoms with Gasteiger partial charge in [-0.15, -0.1) is 0 Å². The van der Waals surface area contributed by atoms with E-state index in [0.717, 1.165) is 0 Å². The number of aryl methyl sites for hydroxylation is 1. The molecule has 1 aliphatic heterocycles. The van der Waals surface area contributed by atoms with Crippen LogP contribution in [0.2, 0.25) is 0 Å². The minimum atomic E-state index is -0.336. The van der Waals surface area contributed by atoms with Crippen molar-refractivity contribution in [2.75, 3.05) is 20.2 Å². The van der Waals surface area contributed by atoms with Gasteiger partial charge in [0.15, 0.2) is 5.78 Å². The van der Waals surface area contributed by atoms with Crippen LogP contribution in [0.4, 0.5) is 4.79 Å². The van der Waals surface area contributed by atoms with Crippen LogP contribution in [-0.2, 0) is 4.74 Å². The van der Waals surface area contributed by atoms with Crippen LogP contribution in [0.15, 0.2) is 0 Å². The minimum Gasteiger partial charge on any atom is -0.453 e. The second kappa shape index (κ2) is 6.85. The van der Waals surface area contributed by atoms with Crippen LogP contribution in [0.1, 0.15) is 51.9 Å². The lowest BCUT2D eigenvalue weighted by molar-refractivity contribution is 0.0887. The summed E-state index contributed by atoms with van der Waals surface area (Å²) in [4.78, 5) is 40.1. The quantitative estimate of drug-likeness (QED) is 0.830. The summed E-state index contributed by atoms with van der Waals surface area (Å²) in [5, 5.41) is 2.97. The molecule has 1 saturated heterocycles. The van der Waals surface area contributed by atoms with Crippen molar-refractivity contribution in [1.29, 1.82) is 0 Å². The Bertz CT molecular complexity index is 628. The molecule has 0 radical (unpaired) electrons. The Balaban J connectivity index is 2.00. The molecule has 0 spiro atoms. The van der Waals surface area contributed by atoms with Gasteiger partial charge in [0.2, 0.25) is 0 Å². The average molecular weight is 321 g/mol. The molecule has 2 heterocycles. The van der Waals surface area contributed by atoms with Gasteiger partial charge in [-0.05, 0) is 39.2 Å². The number of methoxy groups -OCH3 is 1. The number of nitrogens with one attached hydrogen (secondary N) is 2. The molecule has 2 amide bonds. The van der Waals surface area contributed by atoms with Gasteiger partial charge >= 0.3 is 6.09 Å². The molecule has 7 nitrogen and oxygen atoms in total. The summed E-state index contributed by atoms with van der Waals surface area (Å²) in [7, 11) is 1.36. The summed E-state index contributed by atoms with van der Waals surface area (Å²) in [6.07, 6.45) is 1.02. The van der Waals surface area contributed by atoms with Gasteiger partial charge in [-0.3, -0.25) is 9.59 Å². The van der Waals surface area contributed by atoms with Gasteiger partial charge in [-0.2, -0.15) is 0 Å². The minimum absolute atomic E-state index is 0.00666. The molecule has 7 heteroatoms. The summed E-state index contributed by atoms with van der Waals surface area (Å²) in [6, 6.07) is 0.00666. The molecule has 0 bridgehead atoms. The van der Waals surface area contributed by atoms with E-state index < -0.39 is 0 Å². The third-order valence-electron chi connectivity index (χ3n) is 4.28. The fourth-order valence-corrected chi connectivity index (χ4v) is 3.10. The summed E-state index contributed by atoms with van der Waals surface area (Å²) >= 11 is 0. The molecule has 1 aliphatic rings. The molecule has 1 aromatic rings. The summed E-state index contributed by atoms with van der Waals surface area (Å²) in [5.41, 5.74) is 2.40. The first-order valence-corrected chi connectivity index (χ1v) is 7.69. The number of rotatable bonds is 3. The van der Waals surface area contributed by atoms with Crippen LogP contribution in [-0.4, -0.2) is 53.9 Å². The van der Waals surface area contributed by atoms with Crippen molar-refractivity contribution in [3.05, 3.63) is 22.5 Å². The molecular weight excluding hydrogens is 298 g/mol. The number of carbonyl (C=O) groups is 3. The van der Waals surface area contributed by atoms with Crippen molar-refractivity contribution in [2.24, 2.45) is 0 Å². The monoisotopic (exact) mass is 321 g/mol. The van der Waals surface area contributed by atoms with E-state index in [1.54, 1.807) is 18.7 Å². The van der Waals surface area contributed by atoms with E-state index in [0.29, 0.717) is 48.4 Å². The van der Waals surface area contributed by atoms with Crippen molar-refractivity contribution in [3.8, 4) is 0 Å². The summed E-state index contributed by atoms with van der Waals surface area (Å²) in [6.45, 7) is 6.16. The van der Waals surface area contributed by atoms with Gasteiger partial charge in [0.25, 0.3) is 5.91 Å². The lowest BCUT2D eigenvalue weighted by Gasteiger charge is -2.31. The molecule has 126 valence electrons. The van der Waals surface area contributed by atoms with Gasteiger partial charge in [-0.25, -0.2) is 4.79 Å². The normalized spacial score (nSPS) is 15.4. The van der Waals surface area contributed by atoms with E-state index in [4.69, 9.17) is 4.74 Å². The molecule has 1 aromatic heterocycles. The molecule has 0 saturated carbocycles. The van der Waals surface area contributed by atoms with Crippen molar-refractivity contribution < 1.29 is 19.1 Å². The predicted octanol–water partition coefficient (Wildman–Crippen LogP) is 1.79. The first kappa shape index (κ1) is 17.1. The summed E-state index contributed by atoms with van der Waals surface area (Å²) in [5.74, 6) is -0.267. The van der Waals surface area contributed by atoms with Crippen molar-refractivity contribution in [2.45, 2.75) is 39.7 Å². The highest BCUT2D eigenvalue weighted by Crippen LogP contribution is 2.19. The zero-order valence-corrected chi connectivity index (χ0v) is 14.0. The van der Waals surface area contributed by atoms with E-state index in [1.165, 1.54) is 14.0 Å². The lowest BCUT2D eigenvalue weighted by Crippen LogP contribution is -2.46. The zero-order chi connectivity index (χ0) is 17.1. The molecule has 0 aliphatic carbocycles. The smallest absolute Gasteiger partial charge is 0.409 e. The van der Waals surface area contributed by atoms with E-state index in [2.05, 4.69) is 10.3 Å². The number of nitrogens with zero attached hydrogens (tertiary/aromatic N) is 1. The fourth-order valence-electron chi connectivity index (χ4n) is 3.10. The lowest BCUT2D eigenvalue weighted by atomic mass is 10.0. The number of hydrogen-bond acceptors (Lipinski definition) is 4. The number of ether oxygens (including phenoxy) is 1. The number of amides is 2. The number of aromatic nitrogens is 1. The second-order valence-electron chi connectivity index (χ2n) is 5.89. The highest BCUT2D eigenvalue weighted by Gasteiger charge is 2.26. The first-order chi connectivity index (χ1) is 10.8. The Hall–Kier alpha value is -2.31. The molecule has 0 atom stereocenters. The SMILES string of the molecule is COC(=O)N1CCC(NC(=O)c2[nH]c(C)c(C(C)=O)c2C)CC1. The molecule has 0 aromatic carbocycles. The number of likely N-dealkylation sites (tertiary alicyclic amines) is 1. The number of ketones is 1. The standard InChI is InChI=1S/C16H23N3O4/c1-9-13(11(3)20)10(2)17-14(9)15(21)18-12-5-7-19(8-6-12)16(22)23-4/h12,17H,5-8H2,1-4H3,(H,18,21). The molecule has 23 heavy (non-hydrogen) atoms. The van der Waals surface area contributed by atoms with E-state index in [-0.39, 0.29) is 23.8 Å². The van der Waals surface area contributed by atoms with Crippen LogP contribution >= 0.6 is 0 Å². The molecule has 1 fully saturated rings. The molecule has 2 N–H and O–H groups in total. The Kier molecular flexibility index (Phi) is 5.08. The predicted molar refractivity (Wildman–Crippen MR) is 84.7 cm³/mol. The van der Waals surface area contributed by atoms with Crippen molar-refractivity contribution >= 4 is 17.8 Å². The maximum atomic E-state index is 12.4. The number of hydrogen-bond donors (Lipinski definition) is 2. The fraction of sp³-hybridized carbons (Fsp3) is 0.562. The highest BCUT2D eigenvalue weighted by molar-refractivity contribution is 6.02. The van der Waals surface area contributed by atoms with Crippen LogP contribution in [0.3, 0.4) is 0 Å². The number of Topliss-reactive ketones (excluding diaryl/α,β-unsaturated/α-hetero) is 1. The molecule has 2 rings (SSSR count). The second-order valence-corrected chi connectivity index (χ2v) is 5.89. The number of H-pyrrole nitrogens is 1. The third kappa shape index (κ3) is 3.55. The van der Waals surface area contributed by atoms with Crippen LogP contribution in [0.5, 0.6) is 0 Å². The van der Waals surface area contributed by atoms with Crippen LogP contribution in [0.25, 0.3) is 0 Å². The Labute approximate surface area is 135 Å². The molecular formula is C16H23N3O4. The van der Waals surface area contributed by atoms with Gasteiger partial charge in [0, 0.05) is 30.4 Å². The summed E-state index contributed by atoms with van der Waals surface area (Å²) < 4.78 is 4.69. The highest BCUT2D eigenvalue weighted by atomic mass is 16.5. The third-order valence-corrected chi connectivity index (χ3v) is 4.28. The van der Waals surface area contributed by atoms with Gasteiger partial charge < -0.3 is 19.9 Å². The van der Waals surface area contributed by atoms with Gasteiger partial charge in [0.05, 0.1) is 7.11 Å².